The molecule has 0 unspecified atom stereocenters. The molecule has 7 heteroatoms. The van der Waals surface area contributed by atoms with Crippen LogP contribution in [0.1, 0.15) is 24.0 Å². The smallest absolute Gasteiger partial charge is 0.227 e. The Morgan fingerprint density at radius 2 is 1.67 bits per heavy atom. The summed E-state index contributed by atoms with van der Waals surface area (Å²) in [6.45, 7) is 2.62. The Morgan fingerprint density at radius 3 is 2.26 bits per heavy atom. The fraction of sp³-hybridized carbons (Fsp3) is 0.350. The van der Waals surface area contributed by atoms with Crippen molar-refractivity contribution in [2.75, 3.05) is 18.4 Å². The van der Waals surface area contributed by atoms with Gasteiger partial charge in [-0.15, -0.1) is 0 Å². The maximum atomic E-state index is 12.9. The van der Waals surface area contributed by atoms with Gasteiger partial charge in [0.2, 0.25) is 15.9 Å². The highest BCUT2D eigenvalue weighted by atomic mass is 32.2. The van der Waals surface area contributed by atoms with E-state index < -0.39 is 10.0 Å². The SMILES string of the molecule is Cc1ccc(CS(=O)(=O)N2CCC(C(=O)Nc3ccc(F)cc3)CC2)cc1. The summed E-state index contributed by atoms with van der Waals surface area (Å²) in [7, 11) is -3.40. The van der Waals surface area contributed by atoms with E-state index in [4.69, 9.17) is 0 Å². The van der Waals surface area contributed by atoms with Crippen LogP contribution in [0.15, 0.2) is 48.5 Å². The third kappa shape index (κ3) is 5.14. The third-order valence-electron chi connectivity index (χ3n) is 4.80. The van der Waals surface area contributed by atoms with Crippen LogP contribution in [-0.2, 0) is 20.6 Å². The van der Waals surface area contributed by atoms with Gasteiger partial charge in [-0.1, -0.05) is 29.8 Å². The van der Waals surface area contributed by atoms with Gasteiger partial charge in [0.1, 0.15) is 5.82 Å². The first-order valence-corrected chi connectivity index (χ1v) is 10.5. The zero-order valence-corrected chi connectivity index (χ0v) is 16.0. The predicted molar refractivity (Wildman–Crippen MR) is 103 cm³/mol. The Balaban J connectivity index is 1.55. The number of nitrogens with zero attached hydrogens (tertiary/aromatic N) is 1. The Kier molecular flexibility index (Phi) is 5.92. The number of hydrogen-bond donors (Lipinski definition) is 1. The Morgan fingerprint density at radius 1 is 1.07 bits per heavy atom. The van der Waals surface area contributed by atoms with Crippen LogP contribution in [0.4, 0.5) is 10.1 Å². The van der Waals surface area contributed by atoms with Crippen LogP contribution < -0.4 is 5.32 Å². The molecule has 144 valence electrons. The number of anilines is 1. The van der Waals surface area contributed by atoms with Crippen LogP contribution in [0.5, 0.6) is 0 Å². The van der Waals surface area contributed by atoms with Crippen molar-refractivity contribution in [2.45, 2.75) is 25.5 Å². The molecule has 1 heterocycles. The minimum absolute atomic E-state index is 0.0281. The number of hydrogen-bond acceptors (Lipinski definition) is 3. The number of aryl methyl sites for hydroxylation is 1. The normalized spacial score (nSPS) is 16.2. The first-order valence-electron chi connectivity index (χ1n) is 8.93. The molecule has 0 atom stereocenters. The molecular formula is C20H23FN2O3S. The van der Waals surface area contributed by atoms with Crippen molar-refractivity contribution in [3.05, 3.63) is 65.5 Å². The molecule has 0 aliphatic carbocycles. The number of benzene rings is 2. The Hall–Kier alpha value is -2.25. The predicted octanol–water partition coefficient (Wildman–Crippen LogP) is 3.31. The maximum Gasteiger partial charge on any atom is 0.227 e. The van der Waals surface area contributed by atoms with Gasteiger partial charge in [0, 0.05) is 24.7 Å². The zero-order chi connectivity index (χ0) is 19.4. The highest BCUT2D eigenvalue weighted by Gasteiger charge is 2.31. The summed E-state index contributed by atoms with van der Waals surface area (Å²) >= 11 is 0. The van der Waals surface area contributed by atoms with Gasteiger partial charge >= 0.3 is 0 Å². The van der Waals surface area contributed by atoms with Crippen molar-refractivity contribution in [3.8, 4) is 0 Å². The topological polar surface area (TPSA) is 66.5 Å². The molecule has 3 rings (SSSR count). The van der Waals surface area contributed by atoms with Crippen LogP contribution in [0.25, 0.3) is 0 Å². The van der Waals surface area contributed by atoms with Crippen LogP contribution >= 0.6 is 0 Å². The zero-order valence-electron chi connectivity index (χ0n) is 15.2. The molecule has 0 saturated carbocycles. The number of sulfonamides is 1. The lowest BCUT2D eigenvalue weighted by molar-refractivity contribution is -0.120. The van der Waals surface area contributed by atoms with Crippen molar-refractivity contribution in [3.63, 3.8) is 0 Å². The fourth-order valence-electron chi connectivity index (χ4n) is 3.16. The van der Waals surface area contributed by atoms with Crippen molar-refractivity contribution in [1.82, 2.24) is 4.31 Å². The monoisotopic (exact) mass is 390 g/mol. The molecule has 5 nitrogen and oxygen atoms in total. The summed E-state index contributed by atoms with van der Waals surface area (Å²) < 4.78 is 39.7. The number of amides is 1. The lowest BCUT2D eigenvalue weighted by Crippen LogP contribution is -2.41. The summed E-state index contributed by atoms with van der Waals surface area (Å²) in [5, 5.41) is 2.76. The van der Waals surface area contributed by atoms with Gasteiger partial charge in [-0.2, -0.15) is 0 Å². The lowest BCUT2D eigenvalue weighted by Gasteiger charge is -2.30. The second kappa shape index (κ2) is 8.19. The first kappa shape index (κ1) is 19.5. The summed E-state index contributed by atoms with van der Waals surface area (Å²) in [5.74, 6) is -0.794. The first-order chi connectivity index (χ1) is 12.8. The molecule has 1 saturated heterocycles. The van der Waals surface area contributed by atoms with E-state index in [-0.39, 0.29) is 23.4 Å². The fourth-order valence-corrected chi connectivity index (χ4v) is 4.72. The van der Waals surface area contributed by atoms with Crippen LogP contribution in [0, 0.1) is 18.7 Å². The quantitative estimate of drug-likeness (QED) is 0.852. The molecule has 1 aliphatic rings. The molecule has 1 N–H and O–H groups in total. The van der Waals surface area contributed by atoms with E-state index in [1.54, 1.807) is 0 Å². The van der Waals surface area contributed by atoms with Gasteiger partial charge in [0.05, 0.1) is 5.75 Å². The average molecular weight is 390 g/mol. The van der Waals surface area contributed by atoms with E-state index in [0.29, 0.717) is 31.6 Å². The van der Waals surface area contributed by atoms with Crippen LogP contribution in [-0.4, -0.2) is 31.7 Å². The maximum absolute atomic E-state index is 12.9. The molecule has 2 aromatic rings. The van der Waals surface area contributed by atoms with E-state index >= 15 is 0 Å². The summed E-state index contributed by atoms with van der Waals surface area (Å²) in [6, 6.07) is 13.0. The third-order valence-corrected chi connectivity index (χ3v) is 6.65. The Labute approximate surface area is 159 Å². The van der Waals surface area contributed by atoms with Crippen molar-refractivity contribution in [1.29, 1.82) is 0 Å². The highest BCUT2D eigenvalue weighted by Crippen LogP contribution is 2.23. The van der Waals surface area contributed by atoms with Gasteiger partial charge in [-0.3, -0.25) is 4.79 Å². The minimum atomic E-state index is -3.40. The largest absolute Gasteiger partial charge is 0.326 e. The van der Waals surface area contributed by atoms with E-state index in [1.807, 2.05) is 31.2 Å². The molecular weight excluding hydrogens is 367 g/mol. The number of carbonyl (C=O) groups is 1. The van der Waals surface area contributed by atoms with E-state index in [9.17, 15) is 17.6 Å². The molecule has 0 radical (unpaired) electrons. The molecule has 0 spiro atoms. The number of halogens is 1. The summed E-state index contributed by atoms with van der Waals surface area (Å²) in [5.41, 5.74) is 2.39. The molecule has 0 aromatic heterocycles. The van der Waals surface area contributed by atoms with E-state index in [2.05, 4.69) is 5.32 Å². The molecule has 1 amide bonds. The molecule has 1 fully saturated rings. The molecule has 27 heavy (non-hydrogen) atoms. The number of piperidine rings is 1. The molecule has 1 aliphatic heterocycles. The van der Waals surface area contributed by atoms with Crippen LogP contribution in [0.2, 0.25) is 0 Å². The molecule has 0 bridgehead atoms. The van der Waals surface area contributed by atoms with Crippen LogP contribution in [0.3, 0.4) is 0 Å². The second-order valence-corrected chi connectivity index (χ2v) is 8.88. The van der Waals surface area contributed by atoms with Crippen molar-refractivity contribution in [2.24, 2.45) is 5.92 Å². The van der Waals surface area contributed by atoms with E-state index in [0.717, 1.165) is 11.1 Å². The number of nitrogens with one attached hydrogen (secondary N) is 1. The number of carbonyl (C=O) groups excluding carboxylic acids is 1. The van der Waals surface area contributed by atoms with Gasteiger partial charge < -0.3 is 5.32 Å². The van der Waals surface area contributed by atoms with Gasteiger partial charge in [-0.25, -0.2) is 17.1 Å². The summed E-state index contributed by atoms with van der Waals surface area (Å²) in [6.07, 6.45) is 0.945. The van der Waals surface area contributed by atoms with Gasteiger partial charge in [0.25, 0.3) is 0 Å². The highest BCUT2D eigenvalue weighted by molar-refractivity contribution is 7.88. The summed E-state index contributed by atoms with van der Waals surface area (Å²) in [4.78, 5) is 12.4. The number of rotatable bonds is 5. The Bertz CT molecular complexity index is 888. The minimum Gasteiger partial charge on any atom is -0.326 e. The lowest BCUT2D eigenvalue weighted by atomic mass is 9.97. The van der Waals surface area contributed by atoms with Crippen molar-refractivity contribution < 1.29 is 17.6 Å². The standard InChI is InChI=1S/C20H23FN2O3S/c1-15-2-4-16(5-3-15)14-27(25,26)23-12-10-17(11-13-23)20(24)22-19-8-6-18(21)7-9-19/h2-9,17H,10-14H2,1H3,(H,22,24). The molecule has 2 aromatic carbocycles. The van der Waals surface area contributed by atoms with Gasteiger partial charge in [0.15, 0.2) is 0 Å². The van der Waals surface area contributed by atoms with E-state index in [1.165, 1.54) is 28.6 Å². The second-order valence-electron chi connectivity index (χ2n) is 6.91. The van der Waals surface area contributed by atoms with Crippen molar-refractivity contribution >= 4 is 21.6 Å². The average Bonchev–Trinajstić information content (AvgIpc) is 2.65. The van der Waals surface area contributed by atoms with Gasteiger partial charge in [-0.05, 0) is 49.6 Å².